The van der Waals surface area contributed by atoms with Gasteiger partial charge in [0.1, 0.15) is 0 Å². The highest BCUT2D eigenvalue weighted by molar-refractivity contribution is 9.10. The number of hydrogen-bond acceptors (Lipinski definition) is 1. The molecule has 4 heteroatoms. The first-order valence-electron chi connectivity index (χ1n) is 7.83. The van der Waals surface area contributed by atoms with Crippen LogP contribution in [-0.2, 0) is 6.54 Å². The van der Waals surface area contributed by atoms with Crippen molar-refractivity contribution in [3.63, 3.8) is 0 Å². The van der Waals surface area contributed by atoms with Crippen LogP contribution in [0.4, 0.5) is 0 Å². The second kappa shape index (κ2) is 5.85. The van der Waals surface area contributed by atoms with Crippen LogP contribution in [0.2, 0.25) is 0 Å². The van der Waals surface area contributed by atoms with Gasteiger partial charge < -0.3 is 9.88 Å². The Morgan fingerprint density at radius 1 is 1.17 bits per heavy atom. The third-order valence-electron chi connectivity index (χ3n) is 4.29. The van der Waals surface area contributed by atoms with Crippen molar-refractivity contribution in [2.45, 2.75) is 25.4 Å². The maximum atomic E-state index is 12.9. The van der Waals surface area contributed by atoms with Crippen LogP contribution in [0, 0.1) is 0 Å². The Hall–Kier alpha value is -2.07. The van der Waals surface area contributed by atoms with Crippen LogP contribution in [-0.4, -0.2) is 21.8 Å². The van der Waals surface area contributed by atoms with E-state index in [-0.39, 0.29) is 5.91 Å². The normalized spacial score (nSPS) is 14.1. The van der Waals surface area contributed by atoms with Crippen molar-refractivity contribution in [2.24, 2.45) is 0 Å². The van der Waals surface area contributed by atoms with Crippen molar-refractivity contribution >= 4 is 32.7 Å². The molecule has 0 saturated heterocycles. The summed E-state index contributed by atoms with van der Waals surface area (Å²) in [6.45, 7) is 0.658. The summed E-state index contributed by atoms with van der Waals surface area (Å²) in [4.78, 5) is 18.1. The van der Waals surface area contributed by atoms with Gasteiger partial charge >= 0.3 is 0 Å². The number of aromatic nitrogens is 1. The Bertz CT molecular complexity index is 866. The first kappa shape index (κ1) is 14.5. The summed E-state index contributed by atoms with van der Waals surface area (Å²) in [5, 5.41) is 1.20. The van der Waals surface area contributed by atoms with Crippen molar-refractivity contribution in [2.75, 3.05) is 0 Å². The van der Waals surface area contributed by atoms with Gasteiger partial charge in [-0.3, -0.25) is 4.79 Å². The molecule has 0 radical (unpaired) electrons. The average Bonchev–Trinajstić information content (AvgIpc) is 3.29. The Kier molecular flexibility index (Phi) is 3.69. The number of amides is 1. The number of rotatable bonds is 4. The molecule has 0 unspecified atom stereocenters. The van der Waals surface area contributed by atoms with Crippen LogP contribution < -0.4 is 0 Å². The number of nitrogens with zero attached hydrogens (tertiary/aromatic N) is 1. The van der Waals surface area contributed by atoms with Gasteiger partial charge in [-0.2, -0.15) is 0 Å². The third-order valence-corrected chi connectivity index (χ3v) is 4.79. The number of carbonyl (C=O) groups is 1. The van der Waals surface area contributed by atoms with Crippen LogP contribution in [0.3, 0.4) is 0 Å². The minimum atomic E-state index is 0.111. The number of halogens is 1. The molecule has 1 saturated carbocycles. The Balaban J connectivity index is 1.61. The van der Waals surface area contributed by atoms with Gasteiger partial charge in [0.25, 0.3) is 5.91 Å². The molecule has 0 spiro atoms. The predicted octanol–water partition coefficient (Wildman–Crippen LogP) is 4.74. The van der Waals surface area contributed by atoms with Gasteiger partial charge in [-0.1, -0.05) is 34.1 Å². The number of nitrogens with one attached hydrogen (secondary N) is 1. The van der Waals surface area contributed by atoms with E-state index in [2.05, 4.69) is 45.2 Å². The highest BCUT2D eigenvalue weighted by Crippen LogP contribution is 2.30. The number of H-pyrrole nitrogens is 1. The van der Waals surface area contributed by atoms with Crippen LogP contribution in [0.25, 0.3) is 10.9 Å². The molecule has 4 rings (SSSR count). The summed E-state index contributed by atoms with van der Waals surface area (Å²) in [6, 6.07) is 16.4. The molecule has 0 bridgehead atoms. The van der Waals surface area contributed by atoms with Crippen LogP contribution in [0.15, 0.2) is 59.2 Å². The van der Waals surface area contributed by atoms with Gasteiger partial charge in [-0.15, -0.1) is 0 Å². The molecule has 1 amide bonds. The number of aromatic amines is 1. The molecule has 3 aromatic rings. The number of carbonyl (C=O) groups excluding carboxylic acids is 1. The highest BCUT2D eigenvalue weighted by atomic mass is 79.9. The third kappa shape index (κ3) is 3.04. The lowest BCUT2D eigenvalue weighted by atomic mass is 10.1. The second-order valence-electron chi connectivity index (χ2n) is 6.07. The van der Waals surface area contributed by atoms with Crippen LogP contribution in [0.5, 0.6) is 0 Å². The molecular weight excluding hydrogens is 352 g/mol. The smallest absolute Gasteiger partial charge is 0.254 e. The lowest BCUT2D eigenvalue weighted by Crippen LogP contribution is -2.32. The van der Waals surface area contributed by atoms with Gasteiger partial charge in [0, 0.05) is 34.3 Å². The standard InChI is InChI=1S/C19H17BrN2O/c20-16-3-1-2-15(11-16)19(23)22(17-6-7-17)12-13-4-5-14-8-9-21-18(14)10-13/h1-5,8-11,17,21H,6-7,12H2. The van der Waals surface area contributed by atoms with E-state index >= 15 is 0 Å². The van der Waals surface area contributed by atoms with Crippen LogP contribution >= 0.6 is 15.9 Å². The molecule has 3 nitrogen and oxygen atoms in total. The number of hydrogen-bond donors (Lipinski definition) is 1. The van der Waals surface area contributed by atoms with Gasteiger partial charge in [0.05, 0.1) is 0 Å². The first-order valence-corrected chi connectivity index (χ1v) is 8.62. The van der Waals surface area contributed by atoms with E-state index in [0.29, 0.717) is 12.6 Å². The van der Waals surface area contributed by atoms with Crippen molar-refractivity contribution in [1.82, 2.24) is 9.88 Å². The molecule has 1 N–H and O–H groups in total. The number of fused-ring (bicyclic) bond motifs is 1. The number of benzene rings is 2. The summed E-state index contributed by atoms with van der Waals surface area (Å²) < 4.78 is 0.937. The van der Waals surface area contributed by atoms with Crippen LogP contribution in [0.1, 0.15) is 28.8 Å². The van der Waals surface area contributed by atoms with Crippen molar-refractivity contribution < 1.29 is 4.79 Å². The van der Waals surface area contributed by atoms with Crippen molar-refractivity contribution in [3.05, 3.63) is 70.3 Å². The zero-order valence-corrected chi connectivity index (χ0v) is 14.2. The van der Waals surface area contributed by atoms with Gasteiger partial charge in [0.15, 0.2) is 0 Å². The minimum Gasteiger partial charge on any atom is -0.361 e. The van der Waals surface area contributed by atoms with E-state index in [0.717, 1.165) is 34.0 Å². The van der Waals surface area contributed by atoms with E-state index < -0.39 is 0 Å². The summed E-state index contributed by atoms with van der Waals surface area (Å²) in [5.41, 5.74) is 3.02. The maximum absolute atomic E-state index is 12.9. The Morgan fingerprint density at radius 2 is 2.04 bits per heavy atom. The SMILES string of the molecule is O=C(c1cccc(Br)c1)N(Cc1ccc2cc[nH]c2c1)C1CC1. The monoisotopic (exact) mass is 368 g/mol. The van der Waals surface area contributed by atoms with E-state index in [9.17, 15) is 4.79 Å². The van der Waals surface area contributed by atoms with Crippen molar-refractivity contribution in [3.8, 4) is 0 Å². The molecule has 1 fully saturated rings. The maximum Gasteiger partial charge on any atom is 0.254 e. The van der Waals surface area contributed by atoms with Gasteiger partial charge in [-0.25, -0.2) is 0 Å². The topological polar surface area (TPSA) is 36.1 Å². The van der Waals surface area contributed by atoms with E-state index in [4.69, 9.17) is 0 Å². The molecule has 1 aromatic heterocycles. The van der Waals surface area contributed by atoms with E-state index in [1.165, 1.54) is 5.39 Å². The first-order chi connectivity index (χ1) is 11.2. The molecule has 0 atom stereocenters. The molecule has 2 aromatic carbocycles. The van der Waals surface area contributed by atoms with Crippen molar-refractivity contribution in [1.29, 1.82) is 0 Å². The minimum absolute atomic E-state index is 0.111. The molecule has 0 aliphatic heterocycles. The highest BCUT2D eigenvalue weighted by Gasteiger charge is 2.33. The van der Waals surface area contributed by atoms with E-state index in [1.54, 1.807) is 0 Å². The summed E-state index contributed by atoms with van der Waals surface area (Å²) >= 11 is 3.45. The molecule has 23 heavy (non-hydrogen) atoms. The fourth-order valence-electron chi connectivity index (χ4n) is 2.93. The molecular formula is C19H17BrN2O. The molecule has 1 aliphatic rings. The summed E-state index contributed by atoms with van der Waals surface area (Å²) in [6.07, 6.45) is 4.15. The summed E-state index contributed by atoms with van der Waals surface area (Å²) in [5.74, 6) is 0.111. The van der Waals surface area contributed by atoms with Gasteiger partial charge in [-0.05, 0) is 54.1 Å². The zero-order chi connectivity index (χ0) is 15.8. The predicted molar refractivity (Wildman–Crippen MR) is 95.3 cm³/mol. The summed E-state index contributed by atoms with van der Waals surface area (Å²) in [7, 11) is 0. The Morgan fingerprint density at radius 3 is 2.83 bits per heavy atom. The lowest BCUT2D eigenvalue weighted by Gasteiger charge is -2.23. The Labute approximate surface area is 143 Å². The molecule has 1 heterocycles. The van der Waals surface area contributed by atoms with Gasteiger partial charge in [0.2, 0.25) is 0 Å². The fraction of sp³-hybridized carbons (Fsp3) is 0.211. The molecule has 1 aliphatic carbocycles. The zero-order valence-electron chi connectivity index (χ0n) is 12.6. The lowest BCUT2D eigenvalue weighted by molar-refractivity contribution is 0.0730. The average molecular weight is 369 g/mol. The largest absolute Gasteiger partial charge is 0.361 e. The molecule has 116 valence electrons. The second-order valence-corrected chi connectivity index (χ2v) is 6.99. The fourth-order valence-corrected chi connectivity index (χ4v) is 3.33. The quantitative estimate of drug-likeness (QED) is 0.709. The van der Waals surface area contributed by atoms with E-state index in [1.807, 2.05) is 35.4 Å².